The number of anilines is 1. The van der Waals surface area contributed by atoms with Crippen molar-refractivity contribution in [2.75, 3.05) is 18.5 Å². The number of carbonyl (C=O) groups is 3. The molecule has 1 aliphatic rings. The number of aromatic nitrogens is 2. The highest BCUT2D eigenvalue weighted by molar-refractivity contribution is 5.92. The summed E-state index contributed by atoms with van der Waals surface area (Å²) in [5.41, 5.74) is 4.59. The van der Waals surface area contributed by atoms with Crippen LogP contribution in [-0.2, 0) is 16.6 Å². The second-order valence-electron chi connectivity index (χ2n) is 8.45. The third-order valence-electron chi connectivity index (χ3n) is 6.06. The number of nitrogens with one attached hydrogen (secondary N) is 2. The lowest BCUT2D eigenvalue weighted by Crippen LogP contribution is -2.27. The van der Waals surface area contributed by atoms with Gasteiger partial charge in [0.25, 0.3) is 0 Å². The smallest absolute Gasteiger partial charge is 0.407 e. The third kappa shape index (κ3) is 5.68. The predicted molar refractivity (Wildman–Crippen MR) is 130 cm³/mol. The maximum absolute atomic E-state index is 12.2. The number of benzene rings is 2. The molecule has 0 saturated heterocycles. The Bertz CT molecular complexity index is 1190. The van der Waals surface area contributed by atoms with Crippen molar-refractivity contribution in [3.63, 3.8) is 0 Å². The van der Waals surface area contributed by atoms with E-state index in [4.69, 9.17) is 9.84 Å². The molecule has 0 saturated carbocycles. The SMILES string of the molecule is Cn1nc(C(=O)O)cc1NC(=O)CCCCCNC(=O)OCC1c2ccccc2-c2ccccc21. The van der Waals surface area contributed by atoms with E-state index in [2.05, 4.69) is 40.0 Å². The summed E-state index contributed by atoms with van der Waals surface area (Å²) < 4.78 is 6.84. The maximum Gasteiger partial charge on any atom is 0.407 e. The molecule has 1 aromatic heterocycles. The number of carbonyl (C=O) groups excluding carboxylic acids is 2. The summed E-state index contributed by atoms with van der Waals surface area (Å²) in [4.78, 5) is 35.2. The number of unbranched alkanes of at least 4 members (excludes halogenated alkanes) is 2. The van der Waals surface area contributed by atoms with Crippen LogP contribution in [0, 0.1) is 0 Å². The highest BCUT2D eigenvalue weighted by Crippen LogP contribution is 2.44. The van der Waals surface area contributed by atoms with Gasteiger partial charge in [0.05, 0.1) is 0 Å². The van der Waals surface area contributed by atoms with Crippen LogP contribution in [0.3, 0.4) is 0 Å². The van der Waals surface area contributed by atoms with E-state index in [-0.39, 0.29) is 24.1 Å². The van der Waals surface area contributed by atoms with Gasteiger partial charge in [-0.2, -0.15) is 5.10 Å². The molecule has 9 heteroatoms. The van der Waals surface area contributed by atoms with Crippen LogP contribution in [-0.4, -0.2) is 46.0 Å². The molecule has 0 radical (unpaired) electrons. The molecule has 4 rings (SSSR count). The Balaban J connectivity index is 1.13. The Morgan fingerprint density at radius 2 is 1.66 bits per heavy atom. The van der Waals surface area contributed by atoms with Gasteiger partial charge in [-0.1, -0.05) is 55.0 Å². The topological polar surface area (TPSA) is 123 Å². The van der Waals surface area contributed by atoms with Gasteiger partial charge >= 0.3 is 12.1 Å². The minimum atomic E-state index is -1.15. The van der Waals surface area contributed by atoms with E-state index in [1.165, 1.54) is 33.0 Å². The zero-order valence-corrected chi connectivity index (χ0v) is 19.5. The number of hydrogen-bond donors (Lipinski definition) is 3. The van der Waals surface area contributed by atoms with Gasteiger partial charge in [-0.15, -0.1) is 0 Å². The van der Waals surface area contributed by atoms with Crippen molar-refractivity contribution in [3.05, 3.63) is 71.4 Å². The van der Waals surface area contributed by atoms with Crippen LogP contribution < -0.4 is 10.6 Å². The molecule has 1 heterocycles. The van der Waals surface area contributed by atoms with E-state index in [1.54, 1.807) is 7.05 Å². The van der Waals surface area contributed by atoms with Crippen LogP contribution in [0.4, 0.5) is 10.6 Å². The summed E-state index contributed by atoms with van der Waals surface area (Å²) in [5.74, 6) is -0.999. The van der Waals surface area contributed by atoms with Gasteiger partial charge in [-0.25, -0.2) is 9.59 Å². The van der Waals surface area contributed by atoms with Gasteiger partial charge in [0.1, 0.15) is 12.4 Å². The minimum Gasteiger partial charge on any atom is -0.476 e. The number of fused-ring (bicyclic) bond motifs is 3. The van der Waals surface area contributed by atoms with E-state index in [0.717, 1.165) is 6.42 Å². The highest BCUT2D eigenvalue weighted by atomic mass is 16.5. The van der Waals surface area contributed by atoms with Gasteiger partial charge in [-0.05, 0) is 35.1 Å². The second-order valence-corrected chi connectivity index (χ2v) is 8.45. The minimum absolute atomic E-state index is 0.0256. The molecule has 3 N–H and O–H groups in total. The monoisotopic (exact) mass is 476 g/mol. The fraction of sp³-hybridized carbons (Fsp3) is 0.308. The van der Waals surface area contributed by atoms with Gasteiger partial charge in [-0.3, -0.25) is 9.48 Å². The first-order chi connectivity index (χ1) is 16.9. The molecular formula is C26H28N4O5. The largest absolute Gasteiger partial charge is 0.476 e. The Kier molecular flexibility index (Phi) is 7.45. The van der Waals surface area contributed by atoms with Crippen molar-refractivity contribution in [3.8, 4) is 11.1 Å². The van der Waals surface area contributed by atoms with Crippen LogP contribution in [0.25, 0.3) is 11.1 Å². The molecule has 0 atom stereocenters. The van der Waals surface area contributed by atoms with Gasteiger partial charge in [0.2, 0.25) is 5.91 Å². The maximum atomic E-state index is 12.2. The number of aromatic carboxylic acids is 1. The third-order valence-corrected chi connectivity index (χ3v) is 6.06. The van der Waals surface area contributed by atoms with Crippen LogP contribution >= 0.6 is 0 Å². The zero-order valence-electron chi connectivity index (χ0n) is 19.5. The average Bonchev–Trinajstić information content (AvgIpc) is 3.37. The van der Waals surface area contributed by atoms with Crippen molar-refractivity contribution in [1.29, 1.82) is 0 Å². The summed E-state index contributed by atoms with van der Waals surface area (Å²) in [7, 11) is 1.57. The first-order valence-corrected chi connectivity index (χ1v) is 11.6. The molecule has 1 aliphatic carbocycles. The van der Waals surface area contributed by atoms with E-state index < -0.39 is 12.1 Å². The lowest BCUT2D eigenvalue weighted by atomic mass is 9.98. The van der Waals surface area contributed by atoms with Crippen LogP contribution in [0.15, 0.2) is 54.6 Å². The fourth-order valence-electron chi connectivity index (χ4n) is 4.32. The molecule has 0 spiro atoms. The van der Waals surface area contributed by atoms with Crippen LogP contribution in [0.5, 0.6) is 0 Å². The molecule has 0 unspecified atom stereocenters. The van der Waals surface area contributed by atoms with Crippen molar-refractivity contribution in [2.45, 2.75) is 31.6 Å². The number of ether oxygens (including phenoxy) is 1. The molecule has 3 aromatic rings. The summed E-state index contributed by atoms with van der Waals surface area (Å²) in [6, 6.07) is 17.7. The quantitative estimate of drug-likeness (QED) is 0.378. The van der Waals surface area contributed by atoms with Crippen LogP contribution in [0.1, 0.15) is 53.2 Å². The number of alkyl carbamates (subject to hydrolysis) is 1. The Hall–Kier alpha value is -4.14. The summed E-state index contributed by atoms with van der Waals surface area (Å²) in [5, 5.41) is 18.2. The number of amides is 2. The molecule has 9 nitrogen and oxygen atoms in total. The summed E-state index contributed by atoms with van der Waals surface area (Å²) in [6.45, 7) is 0.736. The lowest BCUT2D eigenvalue weighted by molar-refractivity contribution is -0.116. The molecular weight excluding hydrogens is 448 g/mol. The molecule has 0 bridgehead atoms. The average molecular weight is 477 g/mol. The lowest BCUT2D eigenvalue weighted by Gasteiger charge is -2.14. The number of carboxylic acids is 1. The number of aryl methyl sites for hydroxylation is 1. The first kappa shape index (κ1) is 24.0. The van der Waals surface area contributed by atoms with E-state index in [1.807, 2.05) is 24.3 Å². The number of nitrogens with zero attached hydrogens (tertiary/aromatic N) is 2. The van der Waals surface area contributed by atoms with E-state index in [0.29, 0.717) is 31.6 Å². The summed E-state index contributed by atoms with van der Waals surface area (Å²) in [6.07, 6.45) is 1.95. The van der Waals surface area contributed by atoms with E-state index >= 15 is 0 Å². The first-order valence-electron chi connectivity index (χ1n) is 11.6. The van der Waals surface area contributed by atoms with E-state index in [9.17, 15) is 14.4 Å². The molecule has 2 amide bonds. The standard InChI is InChI=1S/C26H28N4O5/c1-30-23(15-22(29-30)25(32)33)28-24(31)13-3-2-8-14-27-26(34)35-16-21-19-11-6-4-9-17(19)18-10-5-7-12-20(18)21/h4-7,9-12,15,21H,2-3,8,13-14,16H2,1H3,(H,27,34)(H,28,31)(H,32,33). The number of carboxylic acid groups (broad SMARTS) is 1. The predicted octanol–water partition coefficient (Wildman–Crippen LogP) is 4.16. The molecule has 2 aromatic carbocycles. The second kappa shape index (κ2) is 10.9. The highest BCUT2D eigenvalue weighted by Gasteiger charge is 2.28. The summed E-state index contributed by atoms with van der Waals surface area (Å²) >= 11 is 0. The Morgan fingerprint density at radius 1 is 1.00 bits per heavy atom. The van der Waals surface area contributed by atoms with Crippen LogP contribution in [0.2, 0.25) is 0 Å². The van der Waals surface area contributed by atoms with Crippen molar-refractivity contribution >= 4 is 23.8 Å². The van der Waals surface area contributed by atoms with Gasteiger partial charge in [0.15, 0.2) is 5.69 Å². The number of hydrogen-bond acceptors (Lipinski definition) is 5. The van der Waals surface area contributed by atoms with Gasteiger partial charge < -0.3 is 20.5 Å². The Morgan fingerprint density at radius 3 is 2.29 bits per heavy atom. The normalized spacial score (nSPS) is 12.0. The van der Waals surface area contributed by atoms with Crippen molar-refractivity contribution in [1.82, 2.24) is 15.1 Å². The number of rotatable bonds is 10. The van der Waals surface area contributed by atoms with Crippen molar-refractivity contribution in [2.24, 2.45) is 7.05 Å². The fourth-order valence-corrected chi connectivity index (χ4v) is 4.32. The molecule has 0 aliphatic heterocycles. The molecule has 182 valence electrons. The van der Waals surface area contributed by atoms with Crippen molar-refractivity contribution < 1.29 is 24.2 Å². The van der Waals surface area contributed by atoms with Gasteiger partial charge in [0, 0.05) is 32.0 Å². The Labute approximate surface area is 203 Å². The molecule has 0 fully saturated rings. The molecule has 35 heavy (non-hydrogen) atoms. The zero-order chi connectivity index (χ0) is 24.8.